The van der Waals surface area contributed by atoms with Gasteiger partial charge in [-0.05, 0) is 216 Å². The Bertz CT molecular complexity index is 5880. The van der Waals surface area contributed by atoms with Gasteiger partial charge < -0.3 is 76.9 Å². The molecule has 3 amide bonds. The van der Waals surface area contributed by atoms with Gasteiger partial charge in [0.1, 0.15) is 35.6 Å². The van der Waals surface area contributed by atoms with Crippen molar-refractivity contribution >= 4 is 108 Å². The van der Waals surface area contributed by atoms with Crippen molar-refractivity contribution in [3.63, 3.8) is 0 Å². The van der Waals surface area contributed by atoms with Gasteiger partial charge in [-0.15, -0.1) is 13.2 Å². The zero-order chi connectivity index (χ0) is 103. The van der Waals surface area contributed by atoms with Crippen LogP contribution in [0.15, 0.2) is 98.5 Å². The van der Waals surface area contributed by atoms with Crippen molar-refractivity contribution in [2.24, 2.45) is 63.1 Å². The SMILES string of the molecule is C=CC1CC1(CC(=O)[C@@H]1C[C@@H]2CN1C(=O)[C@H](C(C)(C)C)CC(=O)OCC(C)(C)CCCc1cc3c(nccc3cc1OC)O2)P(C)(=O)O.C=CC1CC1(CC(=O)[C@@H]1C[C@@H]2CN1C(=O)[C@H](C(C)(C)C)CC(=O)OCCCCCc1cc3c(nccc3cc1OC)O2)P(C)(=O)O.CCC1CC1(CC(=O)[C@@H]1C[C@@H]2CN1C(=O)[C@H](C(C)(C)C)CC(=O)OC[C@H](C)CCCc1cc3c(nccc3cc1OC)O2)P(=O)(O)O. The summed E-state index contributed by atoms with van der Waals surface area (Å²) in [5.74, 6) is -2.93. The number of carbonyl (C=O) groups is 9. The minimum Gasteiger partial charge on any atom is -0.496 e. The molecule has 9 aliphatic rings. The lowest BCUT2D eigenvalue weighted by Gasteiger charge is -2.35. The van der Waals surface area contributed by atoms with Gasteiger partial charge in [0, 0.05) is 86.6 Å². The van der Waals surface area contributed by atoms with Crippen molar-refractivity contribution in [2.75, 3.05) is 74.1 Å². The van der Waals surface area contributed by atoms with Crippen molar-refractivity contribution in [3.8, 4) is 34.9 Å². The number of carbonyl (C=O) groups excluding carboxylic acids is 9. The Labute approximate surface area is 828 Å². The summed E-state index contributed by atoms with van der Waals surface area (Å²) >= 11 is 0. The van der Waals surface area contributed by atoms with E-state index in [4.69, 9.17) is 42.6 Å². The van der Waals surface area contributed by atoms with E-state index >= 15 is 0 Å². The molecule has 9 heterocycles. The van der Waals surface area contributed by atoms with Crippen LogP contribution in [0.3, 0.4) is 0 Å². The van der Waals surface area contributed by atoms with Crippen LogP contribution in [-0.2, 0) is 90.3 Å². The lowest BCUT2D eigenvalue weighted by molar-refractivity contribution is -0.155. The van der Waals surface area contributed by atoms with Crippen LogP contribution >= 0.6 is 22.3 Å². The maximum Gasteiger partial charge on any atom is 0.332 e. The molecule has 3 aromatic carbocycles. The van der Waals surface area contributed by atoms with E-state index in [9.17, 15) is 76.4 Å². The summed E-state index contributed by atoms with van der Waals surface area (Å²) in [5, 5.41) is 1.49. The quantitative estimate of drug-likeness (QED) is 0.0269. The van der Waals surface area contributed by atoms with Crippen LogP contribution in [0.2, 0.25) is 0 Å². The third kappa shape index (κ3) is 24.5. The minimum absolute atomic E-state index is 0.0646. The lowest BCUT2D eigenvalue weighted by Crippen LogP contribution is -2.48. The fourth-order valence-corrected chi connectivity index (χ4v) is 26.9. The number of aromatic nitrogens is 3. The van der Waals surface area contributed by atoms with Gasteiger partial charge in [-0.3, -0.25) is 56.8 Å². The van der Waals surface area contributed by atoms with E-state index in [0.29, 0.717) is 43.3 Å². The van der Waals surface area contributed by atoms with Crippen LogP contribution in [0.5, 0.6) is 34.9 Å². The van der Waals surface area contributed by atoms with E-state index in [1.165, 1.54) is 28.0 Å². The van der Waals surface area contributed by atoms with Gasteiger partial charge >= 0.3 is 25.5 Å². The molecule has 6 aliphatic heterocycles. The van der Waals surface area contributed by atoms with E-state index in [0.717, 1.165) is 124 Å². The summed E-state index contributed by atoms with van der Waals surface area (Å²) < 4.78 is 92.4. The first-order chi connectivity index (χ1) is 66.1. The maximum atomic E-state index is 14.5. The second-order valence-corrected chi connectivity index (χ2v) is 52.4. The molecule has 0 radical (unpaired) electrons. The second kappa shape index (κ2) is 43.1. The number of hydrogen-bond acceptors (Lipinski definition) is 24. The monoisotopic (exact) mass is 2010 g/mol. The molecule has 31 nitrogen and oxygen atoms in total. The number of esters is 3. The number of fused-ring (bicyclic) bond motifs is 9. The molecule has 8 unspecified atom stereocenters. The topological polar surface area (TPSA) is 417 Å². The summed E-state index contributed by atoms with van der Waals surface area (Å²) in [7, 11) is -6.99. The Morgan fingerprint density at radius 1 is 0.496 bits per heavy atom. The first-order valence-corrected chi connectivity index (χ1v) is 55.7. The predicted octanol–water partition coefficient (Wildman–Crippen LogP) is 17.5. The van der Waals surface area contributed by atoms with Gasteiger partial charge in [-0.2, -0.15) is 0 Å². The van der Waals surface area contributed by atoms with Gasteiger partial charge in [0.2, 0.25) is 50.1 Å². The fourth-order valence-electron chi connectivity index (χ4n) is 22.0. The Hall–Kier alpha value is -9.47. The largest absolute Gasteiger partial charge is 0.496 e. The summed E-state index contributed by atoms with van der Waals surface area (Å²) in [6.45, 7) is 36.2. The van der Waals surface area contributed by atoms with Gasteiger partial charge in [-0.1, -0.05) is 109 Å². The van der Waals surface area contributed by atoms with Crippen LogP contribution in [0.25, 0.3) is 32.3 Å². The zero-order valence-electron chi connectivity index (χ0n) is 85.4. The zero-order valence-corrected chi connectivity index (χ0v) is 88.1. The smallest absolute Gasteiger partial charge is 0.332 e. The average molecular weight is 2010 g/mol. The minimum atomic E-state index is -4.59. The summed E-state index contributed by atoms with van der Waals surface area (Å²) in [6, 6.07) is 14.9. The standard InChI is InChI=1S/C37H51N2O8P.C35H49N2O9P.C35H47N2O8P/c1-9-25-19-37(25,48(8,43)44)20-30(40)29-17-26-21-39(29)34(42)28(35(2,3)4)18-32(41)46-22-36(5,6)13-10-11-24-15-27-23(16-31(24)45-7)12-14-38-33(27)47-26;1-7-24-17-35(24,47(41,42)43)18-29(38)28-15-25-19-37(28)33(40)27(34(3,4)5)16-31(39)45-20-21(2)9-8-10-23-13-26-22(14-30(23)44-6)11-12-36-32(26)46-25;1-7-24-19-35(24,46(6,41)42)20-29(38)28-17-25-21-37(28)33(40)27(34(2,3)4)18-31(39)44-14-10-8-9-11-23-15-26-22(16-30(23)43-5)12-13-36-32(26)45-25/h9,12,14-16,25-26,28-29H,1,10-11,13,17-22H2,2-8H3,(H,43,44);11-14,21,24-25,27-28H,7-10,15-20H2,1-6H3,(H2,41,42,43);7,12-13,15-16,24-25,27-28H,1,8-11,14,17-21H2,2-6H3,(H,41,42)/t25?,26-,28-,29+,37?;21-,24?,25-,27-,28+,35?;24?,25-,27-,28+,35?/m111/s1. The molecule has 141 heavy (non-hydrogen) atoms. The van der Waals surface area contributed by atoms with Gasteiger partial charge in [0.25, 0.3) is 0 Å². The van der Waals surface area contributed by atoms with Gasteiger partial charge in [-0.25, -0.2) is 15.0 Å². The molecule has 34 heteroatoms. The lowest BCUT2D eigenvalue weighted by atomic mass is 9.77. The van der Waals surface area contributed by atoms with Crippen molar-refractivity contribution < 1.29 is 119 Å². The molecule has 0 spiro atoms. The van der Waals surface area contributed by atoms with Crippen LogP contribution in [0.1, 0.15) is 235 Å². The number of hydrogen-bond donors (Lipinski definition) is 4. The number of ketones is 3. The molecule has 6 aromatic rings. The molecule has 3 aromatic heterocycles. The molecule has 18 atom stereocenters. The highest BCUT2D eigenvalue weighted by atomic mass is 31.2. The Morgan fingerprint density at radius 3 is 1.18 bits per heavy atom. The number of benzene rings is 3. The summed E-state index contributed by atoms with van der Waals surface area (Å²) in [6.07, 6.45) is 15.5. The number of ether oxygens (including phenoxy) is 9. The van der Waals surface area contributed by atoms with Crippen LogP contribution in [-0.4, -0.2) is 228 Å². The molecule has 12 bridgehead atoms. The molecule has 770 valence electrons. The van der Waals surface area contributed by atoms with Gasteiger partial charge in [0.15, 0.2) is 17.3 Å². The predicted molar refractivity (Wildman–Crippen MR) is 536 cm³/mol. The van der Waals surface area contributed by atoms with Crippen LogP contribution < -0.4 is 28.4 Å². The molecule has 3 aliphatic carbocycles. The highest BCUT2D eigenvalue weighted by molar-refractivity contribution is 7.59. The first kappa shape index (κ1) is 109. The van der Waals surface area contributed by atoms with Gasteiger partial charge in [0.05, 0.1) is 131 Å². The van der Waals surface area contributed by atoms with E-state index in [1.807, 2.05) is 131 Å². The van der Waals surface area contributed by atoms with E-state index < -0.39 is 132 Å². The Balaban J connectivity index is 0.000000178. The number of Topliss-reactive ketones (excluding diaryl/α,β-unsaturated/α-hetero) is 3. The van der Waals surface area contributed by atoms with Crippen LogP contribution in [0.4, 0.5) is 0 Å². The molecular formula is C107H147N6O25P3. The summed E-state index contributed by atoms with van der Waals surface area (Å²) in [5.41, 5.74) is 0.835. The molecule has 3 saturated carbocycles. The number of cyclic esters (lactones) is 3. The highest BCUT2D eigenvalue weighted by Crippen LogP contribution is 2.74. The molecule has 15 rings (SSSR count). The summed E-state index contributed by atoms with van der Waals surface area (Å²) in [4.78, 5) is 185. The van der Waals surface area contributed by atoms with Crippen molar-refractivity contribution in [1.82, 2.24) is 29.7 Å². The number of pyridine rings is 3. The third-order valence-corrected chi connectivity index (χ3v) is 37.7. The number of nitrogens with zero attached hydrogens (tertiary/aromatic N) is 6. The number of methoxy groups -OCH3 is 3. The number of allylic oxidation sites excluding steroid dienone is 2. The number of amides is 3. The Morgan fingerprint density at radius 2 is 0.851 bits per heavy atom. The van der Waals surface area contributed by atoms with E-state index in [-0.39, 0.29) is 162 Å². The fraction of sp³-hybridized carbons (Fsp3) is 0.626. The van der Waals surface area contributed by atoms with Crippen LogP contribution in [0, 0.1) is 63.1 Å². The normalized spacial score (nSPS) is 29.1. The van der Waals surface area contributed by atoms with Crippen molar-refractivity contribution in [1.29, 1.82) is 0 Å². The molecule has 4 N–H and O–H groups in total. The van der Waals surface area contributed by atoms with E-state index in [2.05, 4.69) is 42.0 Å². The molecular weight excluding hydrogens is 1860 g/mol. The number of aryl methyl sites for hydroxylation is 3. The second-order valence-electron chi connectivity index (χ2n) is 45.2. The Kier molecular flexibility index (Phi) is 33.2. The van der Waals surface area contributed by atoms with Crippen molar-refractivity contribution in [3.05, 3.63) is 115 Å². The highest BCUT2D eigenvalue weighted by Gasteiger charge is 2.68. The third-order valence-electron chi connectivity index (χ3n) is 31.2. The average Bonchev–Trinajstić information content (AvgIpc) is 1.57. The first-order valence-electron chi connectivity index (χ1n) is 49.9. The number of rotatable bonds is 18. The molecule has 6 fully saturated rings. The van der Waals surface area contributed by atoms with E-state index in [1.54, 1.807) is 52.1 Å². The molecule has 3 saturated heterocycles. The van der Waals surface area contributed by atoms with Crippen molar-refractivity contribution in [2.45, 2.75) is 290 Å². The maximum absolute atomic E-state index is 14.5.